The van der Waals surface area contributed by atoms with Crippen molar-refractivity contribution in [3.8, 4) is 0 Å². The number of anilines is 1. The van der Waals surface area contributed by atoms with Gasteiger partial charge in [0.25, 0.3) is 0 Å². The highest BCUT2D eigenvalue weighted by Gasteiger charge is 2.76. The minimum atomic E-state index is -0.778. The lowest BCUT2D eigenvalue weighted by Gasteiger charge is -2.40. The number of rotatable bonds is 8. The fourth-order valence-electron chi connectivity index (χ4n) is 6.55. The van der Waals surface area contributed by atoms with Gasteiger partial charge in [-0.1, -0.05) is 32.9 Å². The molecule has 0 radical (unpaired) electrons. The Kier molecular flexibility index (Phi) is 7.26. The molecule has 0 saturated carbocycles. The van der Waals surface area contributed by atoms with Gasteiger partial charge in [-0.2, -0.15) is 0 Å². The Morgan fingerprint density at radius 2 is 2.03 bits per heavy atom. The first-order valence-electron chi connectivity index (χ1n) is 12.7. The number of fused-ring (bicyclic) bond motifs is 1. The van der Waals surface area contributed by atoms with E-state index in [0.717, 1.165) is 23.2 Å². The van der Waals surface area contributed by atoms with E-state index in [2.05, 4.69) is 12.2 Å². The van der Waals surface area contributed by atoms with Crippen LogP contribution >= 0.6 is 11.8 Å². The molecule has 0 aromatic heterocycles. The van der Waals surface area contributed by atoms with Gasteiger partial charge in [0, 0.05) is 10.9 Å². The second-order valence-electron chi connectivity index (χ2n) is 10.8. The molecule has 7 nitrogen and oxygen atoms in total. The number of aliphatic hydroxyl groups excluding tert-OH is 1. The number of ether oxygens (including phenoxy) is 1. The quantitative estimate of drug-likeness (QED) is 0.528. The van der Waals surface area contributed by atoms with Crippen LogP contribution < -0.4 is 5.32 Å². The standard InChI is InChI=1S/C27H38N2O5S/c1-7-34-26(33)21-20-12-17(6)27(35-20)22(21)25(32)29(18(13-30)10-14(2)3)23(27)24(31)28-19-11-15(4)8-9-16(19)5/h8-9,11,14,17-18,20-23,30H,7,10,12-13H2,1-6H3,(H,28,31)/t17?,18-,20-,21+,22+,23?,27?/m1/s1. The summed E-state index contributed by atoms with van der Waals surface area (Å²) in [4.78, 5) is 42.9. The summed E-state index contributed by atoms with van der Waals surface area (Å²) in [6.07, 6.45) is 1.33. The molecule has 2 N–H and O–H groups in total. The van der Waals surface area contributed by atoms with Crippen molar-refractivity contribution in [3.05, 3.63) is 29.3 Å². The van der Waals surface area contributed by atoms with Gasteiger partial charge in [-0.15, -0.1) is 11.8 Å². The van der Waals surface area contributed by atoms with Crippen LogP contribution in [0, 0.1) is 37.5 Å². The van der Waals surface area contributed by atoms with Crippen molar-refractivity contribution >= 4 is 35.2 Å². The number of hydrogen-bond acceptors (Lipinski definition) is 6. The smallest absolute Gasteiger partial charge is 0.310 e. The average Bonchev–Trinajstić information content (AvgIpc) is 3.38. The zero-order valence-corrected chi connectivity index (χ0v) is 22.4. The Hall–Kier alpha value is -2.06. The van der Waals surface area contributed by atoms with Crippen molar-refractivity contribution in [1.29, 1.82) is 0 Å². The summed E-state index contributed by atoms with van der Waals surface area (Å²) < 4.78 is 4.67. The second kappa shape index (κ2) is 9.77. The molecule has 1 aromatic rings. The average molecular weight is 503 g/mol. The molecule has 192 valence electrons. The molecule has 0 aliphatic carbocycles. The van der Waals surface area contributed by atoms with E-state index in [4.69, 9.17) is 4.74 Å². The van der Waals surface area contributed by atoms with Crippen LogP contribution in [0.2, 0.25) is 0 Å². The Morgan fingerprint density at radius 3 is 2.66 bits per heavy atom. The van der Waals surface area contributed by atoms with Crippen LogP contribution in [0.15, 0.2) is 18.2 Å². The van der Waals surface area contributed by atoms with Crippen molar-refractivity contribution in [2.24, 2.45) is 23.7 Å². The fourth-order valence-corrected chi connectivity index (χ4v) is 8.95. The minimum absolute atomic E-state index is 0.0474. The van der Waals surface area contributed by atoms with Crippen LogP contribution in [-0.2, 0) is 19.1 Å². The fraction of sp³-hybridized carbons (Fsp3) is 0.667. The lowest BCUT2D eigenvalue weighted by molar-refractivity contribution is -0.154. The highest BCUT2D eigenvalue weighted by Crippen LogP contribution is 2.69. The van der Waals surface area contributed by atoms with Crippen LogP contribution in [0.25, 0.3) is 0 Å². The minimum Gasteiger partial charge on any atom is -0.466 e. The van der Waals surface area contributed by atoms with E-state index in [-0.39, 0.29) is 48.1 Å². The summed E-state index contributed by atoms with van der Waals surface area (Å²) in [6, 6.07) is 4.63. The number of thioether (sulfide) groups is 1. The first-order valence-corrected chi connectivity index (χ1v) is 13.6. The van der Waals surface area contributed by atoms with E-state index in [0.29, 0.717) is 6.42 Å². The Bertz CT molecular complexity index is 1010. The molecule has 1 spiro atoms. The van der Waals surface area contributed by atoms with Gasteiger partial charge in [-0.25, -0.2) is 0 Å². The van der Waals surface area contributed by atoms with E-state index < -0.39 is 28.7 Å². The molecule has 3 saturated heterocycles. The zero-order chi connectivity index (χ0) is 25.7. The number of nitrogens with one attached hydrogen (secondary N) is 1. The molecule has 3 aliphatic heterocycles. The van der Waals surface area contributed by atoms with Gasteiger partial charge in [0.05, 0.1) is 35.8 Å². The molecule has 2 amide bonds. The monoisotopic (exact) mass is 502 g/mol. The van der Waals surface area contributed by atoms with Gasteiger partial charge in [-0.05, 0) is 62.6 Å². The summed E-state index contributed by atoms with van der Waals surface area (Å²) in [5.74, 6) is -1.71. The van der Waals surface area contributed by atoms with Crippen LogP contribution in [-0.4, -0.2) is 63.1 Å². The normalized spacial score (nSPS) is 32.2. The van der Waals surface area contributed by atoms with E-state index >= 15 is 0 Å². The maximum Gasteiger partial charge on any atom is 0.310 e. The largest absolute Gasteiger partial charge is 0.466 e. The lowest BCUT2D eigenvalue weighted by atomic mass is 9.66. The van der Waals surface area contributed by atoms with Crippen LogP contribution in [0.4, 0.5) is 5.69 Å². The molecule has 7 atom stereocenters. The van der Waals surface area contributed by atoms with Crippen LogP contribution in [0.3, 0.4) is 0 Å². The van der Waals surface area contributed by atoms with Gasteiger partial charge >= 0.3 is 5.97 Å². The number of aryl methyl sites for hydroxylation is 2. The molecule has 3 heterocycles. The van der Waals surface area contributed by atoms with E-state index in [1.807, 2.05) is 45.9 Å². The molecular formula is C27H38N2O5S. The Labute approximate surface area is 212 Å². The number of carbonyl (C=O) groups excluding carboxylic acids is 3. The number of aliphatic hydroxyl groups is 1. The first kappa shape index (κ1) is 26.0. The third-order valence-electron chi connectivity index (χ3n) is 7.99. The number of nitrogens with zero attached hydrogens (tertiary/aromatic N) is 1. The van der Waals surface area contributed by atoms with Crippen molar-refractivity contribution in [2.45, 2.75) is 76.5 Å². The molecule has 35 heavy (non-hydrogen) atoms. The maximum atomic E-state index is 14.1. The third-order valence-corrected chi connectivity index (χ3v) is 10.1. The predicted molar refractivity (Wildman–Crippen MR) is 137 cm³/mol. The number of hydrogen-bond donors (Lipinski definition) is 2. The van der Waals surface area contributed by atoms with E-state index in [1.54, 1.807) is 23.6 Å². The van der Waals surface area contributed by atoms with Gasteiger partial charge in [-0.3, -0.25) is 14.4 Å². The Balaban J connectivity index is 1.80. The molecule has 1 aromatic carbocycles. The van der Waals surface area contributed by atoms with E-state index in [1.165, 1.54) is 0 Å². The van der Waals surface area contributed by atoms with Crippen LogP contribution in [0.5, 0.6) is 0 Å². The predicted octanol–water partition coefficient (Wildman–Crippen LogP) is 3.55. The van der Waals surface area contributed by atoms with Gasteiger partial charge in [0.15, 0.2) is 0 Å². The molecule has 8 heteroatoms. The van der Waals surface area contributed by atoms with Crippen molar-refractivity contribution in [1.82, 2.24) is 4.90 Å². The number of benzene rings is 1. The van der Waals surface area contributed by atoms with Crippen molar-refractivity contribution in [2.75, 3.05) is 18.5 Å². The molecule has 3 fully saturated rings. The van der Waals surface area contributed by atoms with Gasteiger partial charge < -0.3 is 20.1 Å². The zero-order valence-electron chi connectivity index (χ0n) is 21.5. The van der Waals surface area contributed by atoms with Gasteiger partial charge in [0.1, 0.15) is 6.04 Å². The molecule has 3 aliphatic rings. The summed E-state index contributed by atoms with van der Waals surface area (Å²) in [5.41, 5.74) is 2.69. The van der Waals surface area contributed by atoms with Crippen LogP contribution in [0.1, 0.15) is 51.7 Å². The molecular weight excluding hydrogens is 464 g/mol. The Morgan fingerprint density at radius 1 is 1.31 bits per heavy atom. The first-order chi connectivity index (χ1) is 16.6. The molecule has 2 bridgehead atoms. The SMILES string of the molecule is CCOC(=O)[C@@H]1[C@H]2C(=O)N([C@@H](CO)CC(C)C)C(C(=O)Nc3cc(C)ccc3C)C23S[C@@H]1CC3C. The van der Waals surface area contributed by atoms with Crippen molar-refractivity contribution in [3.63, 3.8) is 0 Å². The second-order valence-corrected chi connectivity index (χ2v) is 12.4. The number of amides is 2. The molecule has 3 unspecified atom stereocenters. The summed E-state index contributed by atoms with van der Waals surface area (Å²) in [7, 11) is 0. The highest BCUT2D eigenvalue weighted by atomic mass is 32.2. The summed E-state index contributed by atoms with van der Waals surface area (Å²) in [6.45, 7) is 11.9. The number of esters is 1. The van der Waals surface area contributed by atoms with Crippen molar-refractivity contribution < 1.29 is 24.2 Å². The summed E-state index contributed by atoms with van der Waals surface area (Å²) >= 11 is 1.62. The third kappa shape index (κ3) is 4.16. The maximum absolute atomic E-state index is 14.1. The highest BCUT2D eigenvalue weighted by molar-refractivity contribution is 8.02. The lowest BCUT2D eigenvalue weighted by Crippen LogP contribution is -2.57. The number of likely N-dealkylation sites (tertiary alicyclic amines) is 1. The topological polar surface area (TPSA) is 95.9 Å². The summed E-state index contributed by atoms with van der Waals surface area (Å²) in [5, 5.41) is 13.4. The van der Waals surface area contributed by atoms with E-state index in [9.17, 15) is 19.5 Å². The van der Waals surface area contributed by atoms with Gasteiger partial charge in [0.2, 0.25) is 11.8 Å². The number of carbonyl (C=O) groups is 3. The molecule has 4 rings (SSSR count).